The Balaban J connectivity index is 2.08. The highest BCUT2D eigenvalue weighted by atomic mass is 35.5. The summed E-state index contributed by atoms with van der Waals surface area (Å²) in [5, 5.41) is 6.40. The van der Waals surface area contributed by atoms with Crippen LogP contribution in [-0.4, -0.2) is 32.2 Å². The molecular formula is C14H21ClN2O2. The van der Waals surface area contributed by atoms with Crippen LogP contribution < -0.4 is 10.6 Å². The molecule has 2 N–H and O–H groups in total. The van der Waals surface area contributed by atoms with Gasteiger partial charge in [0.05, 0.1) is 13.2 Å². The van der Waals surface area contributed by atoms with Crippen molar-refractivity contribution < 1.29 is 9.53 Å². The van der Waals surface area contributed by atoms with E-state index in [0.29, 0.717) is 23.9 Å². The maximum atomic E-state index is 11.6. The van der Waals surface area contributed by atoms with Crippen LogP contribution in [-0.2, 0) is 9.53 Å². The van der Waals surface area contributed by atoms with Crippen molar-refractivity contribution in [2.45, 2.75) is 19.8 Å². The number of carbonyl (C=O) groups excluding carboxylic acids is 1. The van der Waals surface area contributed by atoms with E-state index in [9.17, 15) is 4.79 Å². The van der Waals surface area contributed by atoms with Gasteiger partial charge in [-0.1, -0.05) is 31.0 Å². The van der Waals surface area contributed by atoms with Crippen molar-refractivity contribution in [2.24, 2.45) is 0 Å². The first kappa shape index (κ1) is 16.0. The standard InChI is InChI=1S/C14H21ClN2O2/c1-2-3-8-19-9-7-16-11-14(18)17-13-6-4-5-12(15)10-13/h4-6,10,16H,2-3,7-9,11H2,1H3,(H,17,18). The normalized spacial score (nSPS) is 10.4. The Labute approximate surface area is 119 Å². The number of amides is 1. The summed E-state index contributed by atoms with van der Waals surface area (Å²) < 4.78 is 5.38. The molecule has 0 fully saturated rings. The van der Waals surface area contributed by atoms with Crippen LogP contribution in [0.15, 0.2) is 24.3 Å². The first-order chi connectivity index (χ1) is 9.22. The van der Waals surface area contributed by atoms with Gasteiger partial charge >= 0.3 is 0 Å². The van der Waals surface area contributed by atoms with Gasteiger partial charge in [0.15, 0.2) is 0 Å². The third-order valence-corrected chi connectivity index (χ3v) is 2.69. The predicted molar refractivity (Wildman–Crippen MR) is 78.7 cm³/mol. The molecular weight excluding hydrogens is 264 g/mol. The van der Waals surface area contributed by atoms with Gasteiger partial charge in [0.2, 0.25) is 5.91 Å². The second-order valence-electron chi connectivity index (χ2n) is 4.20. The monoisotopic (exact) mass is 284 g/mol. The van der Waals surface area contributed by atoms with E-state index in [1.807, 2.05) is 0 Å². The number of unbranched alkanes of at least 4 members (excludes halogenated alkanes) is 1. The van der Waals surface area contributed by atoms with Crippen LogP contribution in [0.3, 0.4) is 0 Å². The molecule has 0 bridgehead atoms. The van der Waals surface area contributed by atoms with Gasteiger partial charge < -0.3 is 15.4 Å². The molecule has 0 aliphatic carbocycles. The number of carbonyl (C=O) groups is 1. The second kappa shape index (κ2) is 9.78. The Kier molecular flexibility index (Phi) is 8.21. The number of hydrogen-bond donors (Lipinski definition) is 2. The molecule has 0 heterocycles. The minimum atomic E-state index is -0.0872. The third-order valence-electron chi connectivity index (χ3n) is 2.46. The Bertz CT molecular complexity index is 385. The Morgan fingerprint density at radius 2 is 2.21 bits per heavy atom. The number of hydrogen-bond acceptors (Lipinski definition) is 3. The lowest BCUT2D eigenvalue weighted by molar-refractivity contribution is -0.115. The smallest absolute Gasteiger partial charge is 0.238 e. The van der Waals surface area contributed by atoms with Crippen LogP contribution in [0.25, 0.3) is 0 Å². The van der Waals surface area contributed by atoms with E-state index >= 15 is 0 Å². The minimum absolute atomic E-state index is 0.0872. The van der Waals surface area contributed by atoms with Crippen molar-refractivity contribution in [3.05, 3.63) is 29.3 Å². The maximum absolute atomic E-state index is 11.6. The fraction of sp³-hybridized carbons (Fsp3) is 0.500. The highest BCUT2D eigenvalue weighted by molar-refractivity contribution is 6.30. The van der Waals surface area contributed by atoms with Crippen molar-refractivity contribution in [3.8, 4) is 0 Å². The molecule has 0 radical (unpaired) electrons. The van der Waals surface area contributed by atoms with Gasteiger partial charge in [-0.15, -0.1) is 0 Å². The van der Waals surface area contributed by atoms with Gasteiger partial charge in [-0.2, -0.15) is 0 Å². The van der Waals surface area contributed by atoms with Gasteiger partial charge in [0, 0.05) is 23.9 Å². The largest absolute Gasteiger partial charge is 0.380 e. The van der Waals surface area contributed by atoms with Gasteiger partial charge in [-0.05, 0) is 24.6 Å². The third kappa shape index (κ3) is 7.82. The molecule has 0 saturated carbocycles. The molecule has 0 spiro atoms. The lowest BCUT2D eigenvalue weighted by Crippen LogP contribution is -2.30. The highest BCUT2D eigenvalue weighted by Crippen LogP contribution is 2.14. The number of benzene rings is 1. The van der Waals surface area contributed by atoms with E-state index in [2.05, 4.69) is 17.6 Å². The first-order valence-corrected chi connectivity index (χ1v) is 6.94. The molecule has 0 saturated heterocycles. The van der Waals surface area contributed by atoms with Crippen LogP contribution in [0.2, 0.25) is 5.02 Å². The summed E-state index contributed by atoms with van der Waals surface area (Å²) >= 11 is 5.83. The van der Waals surface area contributed by atoms with E-state index < -0.39 is 0 Å². The molecule has 19 heavy (non-hydrogen) atoms. The lowest BCUT2D eigenvalue weighted by Gasteiger charge is -2.07. The van der Waals surface area contributed by atoms with Crippen molar-refractivity contribution in [1.82, 2.24) is 5.32 Å². The molecule has 4 nitrogen and oxygen atoms in total. The predicted octanol–water partition coefficient (Wildman–Crippen LogP) is 2.68. The number of ether oxygens (including phenoxy) is 1. The molecule has 0 aliphatic heterocycles. The molecule has 0 atom stereocenters. The van der Waals surface area contributed by atoms with E-state index in [1.165, 1.54) is 0 Å². The molecule has 1 aromatic carbocycles. The Morgan fingerprint density at radius 3 is 2.95 bits per heavy atom. The fourth-order valence-corrected chi connectivity index (χ4v) is 1.66. The quantitative estimate of drug-likeness (QED) is 0.686. The molecule has 1 amide bonds. The van der Waals surface area contributed by atoms with Crippen LogP contribution in [0, 0.1) is 0 Å². The highest BCUT2D eigenvalue weighted by Gasteiger charge is 2.01. The summed E-state index contributed by atoms with van der Waals surface area (Å²) in [5.41, 5.74) is 0.707. The van der Waals surface area contributed by atoms with E-state index in [4.69, 9.17) is 16.3 Å². The van der Waals surface area contributed by atoms with Gasteiger partial charge in [-0.25, -0.2) is 0 Å². The molecule has 5 heteroatoms. The average molecular weight is 285 g/mol. The number of rotatable bonds is 9. The second-order valence-corrected chi connectivity index (χ2v) is 4.64. The summed E-state index contributed by atoms with van der Waals surface area (Å²) in [4.78, 5) is 11.6. The number of halogens is 1. The summed E-state index contributed by atoms with van der Waals surface area (Å²) in [6.07, 6.45) is 2.21. The zero-order chi connectivity index (χ0) is 13.9. The topological polar surface area (TPSA) is 50.4 Å². The summed E-state index contributed by atoms with van der Waals surface area (Å²) in [7, 11) is 0. The Morgan fingerprint density at radius 1 is 1.37 bits per heavy atom. The van der Waals surface area contributed by atoms with Crippen molar-refractivity contribution >= 4 is 23.2 Å². The molecule has 0 aliphatic rings. The molecule has 106 valence electrons. The maximum Gasteiger partial charge on any atom is 0.238 e. The number of anilines is 1. The lowest BCUT2D eigenvalue weighted by atomic mass is 10.3. The Hall–Kier alpha value is -1.10. The molecule has 1 aromatic rings. The minimum Gasteiger partial charge on any atom is -0.380 e. The zero-order valence-electron chi connectivity index (χ0n) is 11.2. The zero-order valence-corrected chi connectivity index (χ0v) is 12.0. The van der Waals surface area contributed by atoms with E-state index in [0.717, 1.165) is 19.4 Å². The van der Waals surface area contributed by atoms with Crippen LogP contribution >= 0.6 is 11.6 Å². The average Bonchev–Trinajstić information content (AvgIpc) is 2.37. The van der Waals surface area contributed by atoms with Gasteiger partial charge in [0.1, 0.15) is 0 Å². The molecule has 1 rings (SSSR count). The summed E-state index contributed by atoms with van der Waals surface area (Å²) in [6, 6.07) is 7.08. The van der Waals surface area contributed by atoms with E-state index in [-0.39, 0.29) is 12.5 Å². The van der Waals surface area contributed by atoms with Gasteiger partial charge in [0.25, 0.3) is 0 Å². The SMILES string of the molecule is CCCCOCCNCC(=O)Nc1cccc(Cl)c1. The fourth-order valence-electron chi connectivity index (χ4n) is 1.47. The van der Waals surface area contributed by atoms with Crippen LogP contribution in [0.1, 0.15) is 19.8 Å². The van der Waals surface area contributed by atoms with E-state index in [1.54, 1.807) is 24.3 Å². The van der Waals surface area contributed by atoms with Crippen molar-refractivity contribution in [3.63, 3.8) is 0 Å². The van der Waals surface area contributed by atoms with Crippen LogP contribution in [0.4, 0.5) is 5.69 Å². The summed E-state index contributed by atoms with van der Waals surface area (Å²) in [6.45, 7) is 4.48. The van der Waals surface area contributed by atoms with Crippen molar-refractivity contribution in [2.75, 3.05) is 31.6 Å². The van der Waals surface area contributed by atoms with Gasteiger partial charge in [-0.3, -0.25) is 4.79 Å². The van der Waals surface area contributed by atoms with Crippen LogP contribution in [0.5, 0.6) is 0 Å². The molecule has 0 aromatic heterocycles. The summed E-state index contributed by atoms with van der Waals surface area (Å²) in [5.74, 6) is -0.0872. The molecule has 0 unspecified atom stereocenters. The first-order valence-electron chi connectivity index (χ1n) is 6.56. The van der Waals surface area contributed by atoms with Crippen molar-refractivity contribution in [1.29, 1.82) is 0 Å². The number of nitrogens with one attached hydrogen (secondary N) is 2.